The summed E-state index contributed by atoms with van der Waals surface area (Å²) in [5, 5.41) is 13.6. The van der Waals surface area contributed by atoms with Gasteiger partial charge in [-0.1, -0.05) is 79.0 Å². The van der Waals surface area contributed by atoms with E-state index in [0.29, 0.717) is 5.92 Å². The molecule has 0 unspecified atom stereocenters. The molecule has 2 fully saturated rings. The van der Waals surface area contributed by atoms with Crippen molar-refractivity contribution in [1.82, 2.24) is 4.90 Å². The minimum atomic E-state index is -0.664. The maximum atomic E-state index is 11.2. The molecule has 35 heavy (non-hydrogen) atoms. The number of carboxylic acid groups (broad SMARTS) is 1. The number of allylic oxidation sites excluding steroid dienone is 3. The van der Waals surface area contributed by atoms with E-state index in [0.717, 1.165) is 55.1 Å². The van der Waals surface area contributed by atoms with E-state index in [1.54, 1.807) is 0 Å². The first-order valence-corrected chi connectivity index (χ1v) is 12.9. The lowest BCUT2D eigenvalue weighted by molar-refractivity contribution is -0.143. The van der Waals surface area contributed by atoms with Crippen LogP contribution in [0, 0.1) is 5.92 Å². The van der Waals surface area contributed by atoms with Crippen molar-refractivity contribution in [2.75, 3.05) is 13.1 Å². The molecule has 0 atom stereocenters. The second-order valence-corrected chi connectivity index (χ2v) is 10.0. The van der Waals surface area contributed by atoms with Gasteiger partial charge in [0, 0.05) is 17.7 Å². The van der Waals surface area contributed by atoms with Crippen molar-refractivity contribution >= 4 is 17.4 Å². The summed E-state index contributed by atoms with van der Waals surface area (Å²) in [6, 6.07) is 17.2. The van der Waals surface area contributed by atoms with Crippen LogP contribution in [0.3, 0.4) is 0 Å². The molecule has 182 valence electrons. The summed E-state index contributed by atoms with van der Waals surface area (Å²) in [5.41, 5.74) is 5.51. The third-order valence-electron chi connectivity index (χ3n) is 7.61. The molecular weight excluding hydrogens is 436 g/mol. The topological polar surface area (TPSA) is 62.1 Å². The van der Waals surface area contributed by atoms with Crippen LogP contribution in [0.5, 0.6) is 0 Å². The molecule has 0 bridgehead atoms. The normalized spacial score (nSPS) is 20.0. The maximum Gasteiger partial charge on any atom is 0.306 e. The zero-order valence-corrected chi connectivity index (χ0v) is 20.2. The Kier molecular flexibility index (Phi) is 7.43. The maximum absolute atomic E-state index is 11.2. The van der Waals surface area contributed by atoms with Crippen molar-refractivity contribution in [3.63, 3.8) is 0 Å². The lowest BCUT2D eigenvalue weighted by Crippen LogP contribution is -2.35. The average Bonchev–Trinajstić information content (AvgIpc) is 3.17. The summed E-state index contributed by atoms with van der Waals surface area (Å²) in [6.45, 7) is 2.50. The molecule has 1 saturated heterocycles. The highest BCUT2D eigenvalue weighted by molar-refractivity contribution is 6.09. The smallest absolute Gasteiger partial charge is 0.306 e. The van der Waals surface area contributed by atoms with Gasteiger partial charge in [-0.15, -0.1) is 0 Å². The van der Waals surface area contributed by atoms with Gasteiger partial charge in [-0.25, -0.2) is 0 Å². The van der Waals surface area contributed by atoms with E-state index in [-0.39, 0.29) is 5.92 Å². The molecule has 2 heterocycles. The highest BCUT2D eigenvalue weighted by atomic mass is 16.6. The minimum absolute atomic E-state index is 0.193. The zero-order valence-electron chi connectivity index (χ0n) is 20.2. The minimum Gasteiger partial charge on any atom is -0.481 e. The molecule has 1 aliphatic carbocycles. The van der Waals surface area contributed by atoms with Crippen molar-refractivity contribution in [1.29, 1.82) is 0 Å². The number of hydrogen-bond acceptors (Lipinski definition) is 4. The molecule has 0 amide bonds. The molecule has 5 rings (SSSR count). The molecule has 5 heteroatoms. The van der Waals surface area contributed by atoms with Gasteiger partial charge in [0.25, 0.3) is 0 Å². The Hall–Kier alpha value is -3.18. The summed E-state index contributed by atoms with van der Waals surface area (Å²) in [5.74, 6) is 0.600. The van der Waals surface area contributed by atoms with Crippen LogP contribution in [0.25, 0.3) is 5.76 Å². The van der Waals surface area contributed by atoms with Crippen molar-refractivity contribution in [3.8, 4) is 0 Å². The number of hydrogen-bond donors (Lipinski definition) is 1. The number of carbonyl (C=O) groups is 1. The largest absolute Gasteiger partial charge is 0.481 e. The summed E-state index contributed by atoms with van der Waals surface area (Å²) in [6.07, 6.45) is 14.1. The highest BCUT2D eigenvalue weighted by Gasteiger charge is 2.24. The van der Waals surface area contributed by atoms with E-state index >= 15 is 0 Å². The Bertz CT molecular complexity index is 1100. The van der Waals surface area contributed by atoms with Crippen LogP contribution in [-0.2, 0) is 16.2 Å². The van der Waals surface area contributed by atoms with Crippen molar-refractivity contribution < 1.29 is 14.7 Å². The Morgan fingerprint density at radius 3 is 2.29 bits per heavy atom. The first-order valence-electron chi connectivity index (χ1n) is 12.9. The molecule has 2 aromatic rings. The monoisotopic (exact) mass is 470 g/mol. The van der Waals surface area contributed by atoms with Crippen LogP contribution in [0.4, 0.5) is 0 Å². The van der Waals surface area contributed by atoms with Crippen LogP contribution in [-0.4, -0.2) is 34.8 Å². The number of rotatable bonds is 6. The fraction of sp³-hybridized carbons (Fsp3) is 0.400. The number of carboxylic acids is 1. The zero-order chi connectivity index (χ0) is 24.0. The van der Waals surface area contributed by atoms with Crippen LogP contribution < -0.4 is 0 Å². The van der Waals surface area contributed by atoms with Crippen molar-refractivity contribution in [2.24, 2.45) is 11.1 Å². The van der Waals surface area contributed by atoms with Gasteiger partial charge in [-0.05, 0) is 68.0 Å². The highest BCUT2D eigenvalue weighted by Crippen LogP contribution is 2.33. The molecule has 0 spiro atoms. The van der Waals surface area contributed by atoms with Gasteiger partial charge in [0.2, 0.25) is 0 Å². The van der Waals surface area contributed by atoms with E-state index in [1.165, 1.54) is 43.2 Å². The summed E-state index contributed by atoms with van der Waals surface area (Å²) >= 11 is 0. The van der Waals surface area contributed by atoms with Gasteiger partial charge in [-0.2, -0.15) is 0 Å². The van der Waals surface area contributed by atoms with E-state index in [2.05, 4.69) is 58.6 Å². The second kappa shape index (κ2) is 11.0. The lowest BCUT2D eigenvalue weighted by atomic mass is 9.84. The van der Waals surface area contributed by atoms with Crippen LogP contribution in [0.1, 0.15) is 73.1 Å². The van der Waals surface area contributed by atoms with Crippen LogP contribution in [0.2, 0.25) is 0 Å². The third kappa shape index (κ3) is 5.91. The Morgan fingerprint density at radius 1 is 0.914 bits per heavy atom. The molecule has 5 nitrogen and oxygen atoms in total. The average molecular weight is 471 g/mol. The fourth-order valence-corrected chi connectivity index (χ4v) is 5.42. The van der Waals surface area contributed by atoms with Gasteiger partial charge in [-0.3, -0.25) is 9.69 Å². The molecule has 2 aliphatic heterocycles. The molecule has 3 aliphatic rings. The second-order valence-electron chi connectivity index (χ2n) is 10.0. The number of likely N-dealkylation sites (tertiary alicyclic amines) is 1. The van der Waals surface area contributed by atoms with E-state index in [9.17, 15) is 9.90 Å². The van der Waals surface area contributed by atoms with Crippen molar-refractivity contribution in [3.05, 3.63) is 89.0 Å². The predicted octanol–water partition coefficient (Wildman–Crippen LogP) is 6.36. The molecule has 0 radical (unpaired) electrons. The number of benzene rings is 2. The number of piperidine rings is 1. The van der Waals surface area contributed by atoms with Crippen molar-refractivity contribution in [2.45, 2.75) is 57.4 Å². The van der Waals surface area contributed by atoms with Gasteiger partial charge in [0.15, 0.2) is 5.76 Å². The predicted molar refractivity (Wildman–Crippen MR) is 139 cm³/mol. The molecule has 1 N–H and O–H groups in total. The first-order chi connectivity index (χ1) is 17.2. The SMILES string of the molecule is O=C(O)C1CCN(Cc2ccc(C3=NOC(c4ccc(C5CCCCC5)cc4)=CC=C3)cc2)CC1. The number of aliphatic carboxylic acids is 1. The number of oxime groups is 1. The van der Waals surface area contributed by atoms with E-state index in [4.69, 9.17) is 4.84 Å². The summed E-state index contributed by atoms with van der Waals surface area (Å²) in [7, 11) is 0. The molecular formula is C30H34N2O3. The van der Waals surface area contributed by atoms with E-state index < -0.39 is 5.97 Å². The van der Waals surface area contributed by atoms with E-state index in [1.807, 2.05) is 18.2 Å². The third-order valence-corrected chi connectivity index (χ3v) is 7.61. The Balaban J connectivity index is 1.18. The summed E-state index contributed by atoms with van der Waals surface area (Å²) in [4.78, 5) is 19.3. The standard InChI is InChI=1S/C30H34N2O3/c33-30(34)27-17-19-32(20-18-27)21-22-9-11-25(12-10-22)28-7-4-8-29(35-31-28)26-15-13-24(14-16-26)23-5-2-1-3-6-23/h4,7-16,23,27H,1-3,5-6,17-21H2,(H,33,34). The van der Waals surface area contributed by atoms with Crippen LogP contribution >= 0.6 is 0 Å². The number of nitrogens with zero attached hydrogens (tertiary/aromatic N) is 2. The van der Waals surface area contributed by atoms with Gasteiger partial charge < -0.3 is 9.94 Å². The lowest BCUT2D eigenvalue weighted by Gasteiger charge is -2.30. The summed E-state index contributed by atoms with van der Waals surface area (Å²) < 4.78 is 0. The Morgan fingerprint density at radius 2 is 1.60 bits per heavy atom. The molecule has 0 aromatic heterocycles. The molecule has 2 aromatic carbocycles. The van der Waals surface area contributed by atoms with Crippen LogP contribution in [0.15, 0.2) is 71.9 Å². The fourth-order valence-electron chi connectivity index (χ4n) is 5.42. The quantitative estimate of drug-likeness (QED) is 0.533. The Labute approximate surface area is 207 Å². The first kappa shape index (κ1) is 23.6. The molecule has 1 saturated carbocycles. The van der Waals surface area contributed by atoms with Gasteiger partial charge in [0.05, 0.1) is 5.92 Å². The van der Waals surface area contributed by atoms with Gasteiger partial charge in [0.1, 0.15) is 5.71 Å². The van der Waals surface area contributed by atoms with Gasteiger partial charge >= 0.3 is 5.97 Å².